The minimum atomic E-state index is -0.376. The standard InChI is InChI=1S/C14H21N3O2S/c1-5-18-11(14(2,3)4)12-16-13(19-17-12)10(15)9-7-6-8-20-9/h6-8,10-11H,5,15H2,1-4H3. The second kappa shape index (κ2) is 6.03. The summed E-state index contributed by atoms with van der Waals surface area (Å²) in [7, 11) is 0. The molecule has 6 heteroatoms. The van der Waals surface area contributed by atoms with Crippen LogP contribution in [0.5, 0.6) is 0 Å². The Balaban J connectivity index is 2.23. The number of ether oxygens (including phenoxy) is 1. The van der Waals surface area contributed by atoms with Crippen LogP contribution in [0.25, 0.3) is 0 Å². The summed E-state index contributed by atoms with van der Waals surface area (Å²) in [6.45, 7) is 8.81. The molecule has 2 unspecified atom stereocenters. The van der Waals surface area contributed by atoms with Crippen molar-refractivity contribution in [3.8, 4) is 0 Å². The maximum Gasteiger partial charge on any atom is 0.249 e. The van der Waals surface area contributed by atoms with Gasteiger partial charge in [-0.3, -0.25) is 0 Å². The number of nitrogens with zero attached hydrogens (tertiary/aromatic N) is 2. The Morgan fingerprint density at radius 1 is 1.45 bits per heavy atom. The molecule has 0 aliphatic heterocycles. The number of hydrogen-bond acceptors (Lipinski definition) is 6. The molecule has 0 aromatic carbocycles. The van der Waals surface area contributed by atoms with Crippen molar-refractivity contribution in [1.29, 1.82) is 0 Å². The van der Waals surface area contributed by atoms with Crippen molar-refractivity contribution >= 4 is 11.3 Å². The minimum absolute atomic E-state index is 0.107. The van der Waals surface area contributed by atoms with Gasteiger partial charge in [0.2, 0.25) is 11.7 Å². The third-order valence-corrected chi connectivity index (χ3v) is 3.88. The van der Waals surface area contributed by atoms with Crippen LogP contribution in [0, 0.1) is 5.41 Å². The molecule has 0 amide bonds. The highest BCUT2D eigenvalue weighted by molar-refractivity contribution is 7.10. The highest BCUT2D eigenvalue weighted by atomic mass is 32.1. The zero-order chi connectivity index (χ0) is 14.8. The molecule has 5 nitrogen and oxygen atoms in total. The van der Waals surface area contributed by atoms with Crippen molar-refractivity contribution in [1.82, 2.24) is 10.1 Å². The van der Waals surface area contributed by atoms with E-state index in [0.29, 0.717) is 18.3 Å². The Hall–Kier alpha value is -1.24. The number of thiophene rings is 1. The molecule has 2 aromatic heterocycles. The SMILES string of the molecule is CCOC(c1noc(C(N)c2cccs2)n1)C(C)(C)C. The van der Waals surface area contributed by atoms with Crippen LogP contribution in [-0.4, -0.2) is 16.7 Å². The lowest BCUT2D eigenvalue weighted by Gasteiger charge is -2.27. The molecule has 2 heterocycles. The van der Waals surface area contributed by atoms with Crippen molar-refractivity contribution in [2.24, 2.45) is 11.1 Å². The molecule has 0 fully saturated rings. The number of hydrogen-bond donors (Lipinski definition) is 1. The Bertz CT molecular complexity index is 531. The highest BCUT2D eigenvalue weighted by Crippen LogP contribution is 2.35. The molecule has 0 saturated heterocycles. The lowest BCUT2D eigenvalue weighted by atomic mass is 9.88. The normalized spacial score (nSPS) is 15.2. The van der Waals surface area contributed by atoms with Crippen LogP contribution in [0.4, 0.5) is 0 Å². The van der Waals surface area contributed by atoms with Crippen LogP contribution in [0.2, 0.25) is 0 Å². The molecule has 2 aromatic rings. The zero-order valence-electron chi connectivity index (χ0n) is 12.3. The first-order chi connectivity index (χ1) is 9.43. The molecule has 0 bridgehead atoms. The first kappa shape index (κ1) is 15.2. The van der Waals surface area contributed by atoms with Gasteiger partial charge in [0, 0.05) is 11.5 Å². The van der Waals surface area contributed by atoms with E-state index in [1.54, 1.807) is 11.3 Å². The second-order valence-electron chi connectivity index (χ2n) is 5.69. The highest BCUT2D eigenvalue weighted by Gasteiger charge is 2.32. The molecule has 0 saturated carbocycles. The lowest BCUT2D eigenvalue weighted by Crippen LogP contribution is -2.22. The summed E-state index contributed by atoms with van der Waals surface area (Å²) in [4.78, 5) is 5.43. The minimum Gasteiger partial charge on any atom is -0.370 e. The van der Waals surface area contributed by atoms with Gasteiger partial charge in [0.25, 0.3) is 0 Å². The molecule has 2 atom stereocenters. The van der Waals surface area contributed by atoms with Crippen molar-refractivity contribution in [2.75, 3.05) is 6.61 Å². The van der Waals surface area contributed by atoms with Crippen LogP contribution in [0.15, 0.2) is 22.0 Å². The molecule has 0 aliphatic rings. The average Bonchev–Trinajstić information content (AvgIpc) is 3.04. The summed E-state index contributed by atoms with van der Waals surface area (Å²) in [6.07, 6.45) is -0.208. The van der Waals surface area contributed by atoms with Gasteiger partial charge in [0.15, 0.2) is 0 Å². The molecular formula is C14H21N3O2S. The van der Waals surface area contributed by atoms with Gasteiger partial charge in [0.05, 0.1) is 0 Å². The summed E-state index contributed by atoms with van der Waals surface area (Å²) in [5, 5.41) is 6.02. The summed E-state index contributed by atoms with van der Waals surface area (Å²) in [6, 6.07) is 3.54. The van der Waals surface area contributed by atoms with Gasteiger partial charge in [0.1, 0.15) is 12.1 Å². The first-order valence-electron chi connectivity index (χ1n) is 6.67. The van der Waals surface area contributed by atoms with Crippen LogP contribution < -0.4 is 5.73 Å². The third-order valence-electron chi connectivity index (χ3n) is 2.93. The van der Waals surface area contributed by atoms with Crippen LogP contribution >= 0.6 is 11.3 Å². The molecular weight excluding hydrogens is 274 g/mol. The lowest BCUT2D eigenvalue weighted by molar-refractivity contribution is -0.0203. The van der Waals surface area contributed by atoms with Gasteiger partial charge >= 0.3 is 0 Å². The first-order valence-corrected chi connectivity index (χ1v) is 7.55. The Labute approximate surface area is 123 Å². The van der Waals surface area contributed by atoms with E-state index in [1.807, 2.05) is 24.4 Å². The van der Waals surface area contributed by atoms with Crippen LogP contribution in [-0.2, 0) is 4.74 Å². The summed E-state index contributed by atoms with van der Waals surface area (Å²) < 4.78 is 11.1. The fourth-order valence-electron chi connectivity index (χ4n) is 1.95. The largest absolute Gasteiger partial charge is 0.370 e. The van der Waals surface area contributed by atoms with E-state index in [2.05, 4.69) is 30.9 Å². The molecule has 2 rings (SSSR count). The van der Waals surface area contributed by atoms with Gasteiger partial charge in [-0.1, -0.05) is 32.0 Å². The second-order valence-corrected chi connectivity index (χ2v) is 6.66. The van der Waals surface area contributed by atoms with Crippen molar-refractivity contribution in [3.05, 3.63) is 34.1 Å². The number of aromatic nitrogens is 2. The van der Waals surface area contributed by atoms with Gasteiger partial charge in [-0.2, -0.15) is 4.98 Å². The quantitative estimate of drug-likeness (QED) is 0.916. The van der Waals surface area contributed by atoms with E-state index in [0.717, 1.165) is 4.88 Å². The van der Waals surface area contributed by atoms with Crippen molar-refractivity contribution in [3.63, 3.8) is 0 Å². The molecule has 0 aliphatic carbocycles. The van der Waals surface area contributed by atoms with Crippen molar-refractivity contribution < 1.29 is 9.26 Å². The Morgan fingerprint density at radius 2 is 2.20 bits per heavy atom. The Kier molecular flexibility index (Phi) is 4.57. The van der Waals surface area contributed by atoms with E-state index in [4.69, 9.17) is 15.0 Å². The smallest absolute Gasteiger partial charge is 0.249 e. The topological polar surface area (TPSA) is 74.2 Å². The number of rotatable bonds is 5. The summed E-state index contributed by atoms with van der Waals surface area (Å²) >= 11 is 1.58. The average molecular weight is 295 g/mol. The predicted molar refractivity (Wildman–Crippen MR) is 78.5 cm³/mol. The number of nitrogens with two attached hydrogens (primary N) is 1. The van der Waals surface area contributed by atoms with E-state index < -0.39 is 0 Å². The third kappa shape index (κ3) is 3.26. The summed E-state index contributed by atoms with van der Waals surface area (Å²) in [5.41, 5.74) is 6.02. The van der Waals surface area contributed by atoms with Gasteiger partial charge < -0.3 is 15.0 Å². The van der Waals surface area contributed by atoms with E-state index in [-0.39, 0.29) is 17.6 Å². The zero-order valence-corrected chi connectivity index (χ0v) is 13.1. The molecule has 0 radical (unpaired) electrons. The fraction of sp³-hybridized carbons (Fsp3) is 0.571. The molecule has 20 heavy (non-hydrogen) atoms. The van der Waals surface area contributed by atoms with Crippen LogP contribution in [0.3, 0.4) is 0 Å². The molecule has 110 valence electrons. The van der Waals surface area contributed by atoms with Gasteiger partial charge in [-0.15, -0.1) is 11.3 Å². The summed E-state index contributed by atoms with van der Waals surface area (Å²) in [5.74, 6) is 0.984. The molecule has 0 spiro atoms. The monoisotopic (exact) mass is 295 g/mol. The van der Waals surface area contributed by atoms with Crippen LogP contribution in [0.1, 0.15) is 56.4 Å². The van der Waals surface area contributed by atoms with E-state index in [1.165, 1.54) is 0 Å². The van der Waals surface area contributed by atoms with E-state index in [9.17, 15) is 0 Å². The maximum atomic E-state index is 6.13. The Morgan fingerprint density at radius 3 is 2.75 bits per heavy atom. The van der Waals surface area contributed by atoms with E-state index >= 15 is 0 Å². The van der Waals surface area contributed by atoms with Crippen molar-refractivity contribution in [2.45, 2.75) is 39.8 Å². The fourth-order valence-corrected chi connectivity index (χ4v) is 2.67. The molecule has 2 N–H and O–H groups in total. The predicted octanol–water partition coefficient (Wildman–Crippen LogP) is 3.30. The maximum absolute atomic E-state index is 6.13. The van der Waals surface area contributed by atoms with Gasteiger partial charge in [-0.05, 0) is 23.8 Å². The van der Waals surface area contributed by atoms with Gasteiger partial charge in [-0.25, -0.2) is 0 Å².